The van der Waals surface area contributed by atoms with E-state index >= 15 is 0 Å². The Hall–Kier alpha value is -3.07. The van der Waals surface area contributed by atoms with E-state index in [0.717, 1.165) is 5.69 Å². The van der Waals surface area contributed by atoms with Gasteiger partial charge < -0.3 is 14.8 Å². The number of thioether (sulfide) groups is 1. The molecule has 1 heterocycles. The van der Waals surface area contributed by atoms with Gasteiger partial charge in [-0.1, -0.05) is 30.0 Å². The number of rotatable bonds is 8. The first-order chi connectivity index (χ1) is 13.2. The van der Waals surface area contributed by atoms with E-state index in [1.54, 1.807) is 37.1 Å². The molecule has 27 heavy (non-hydrogen) atoms. The number of tetrazole rings is 1. The van der Waals surface area contributed by atoms with Crippen molar-refractivity contribution in [1.82, 2.24) is 20.2 Å². The van der Waals surface area contributed by atoms with Crippen LogP contribution in [0.15, 0.2) is 53.7 Å². The first-order valence-corrected chi connectivity index (χ1v) is 9.17. The molecular formula is C18H19N5O3S. The van der Waals surface area contributed by atoms with Gasteiger partial charge in [-0.05, 0) is 22.6 Å². The molecule has 0 spiro atoms. The van der Waals surface area contributed by atoms with E-state index in [0.29, 0.717) is 34.5 Å². The number of carbonyl (C=O) groups excluding carboxylic acids is 1. The molecule has 0 aliphatic heterocycles. The van der Waals surface area contributed by atoms with Crippen LogP contribution in [0.2, 0.25) is 0 Å². The minimum atomic E-state index is -0.114. The molecule has 0 unspecified atom stereocenters. The van der Waals surface area contributed by atoms with Gasteiger partial charge in [0.15, 0.2) is 0 Å². The molecule has 3 aromatic rings. The van der Waals surface area contributed by atoms with Crippen molar-refractivity contribution in [2.75, 3.05) is 25.3 Å². The molecule has 9 heteroatoms. The lowest BCUT2D eigenvalue weighted by Crippen LogP contribution is -2.12. The van der Waals surface area contributed by atoms with Crippen LogP contribution in [0, 0.1) is 0 Å². The summed E-state index contributed by atoms with van der Waals surface area (Å²) in [5.74, 6) is 1.65. The Morgan fingerprint density at radius 1 is 1.11 bits per heavy atom. The Labute approximate surface area is 160 Å². The molecule has 0 bridgehead atoms. The van der Waals surface area contributed by atoms with Gasteiger partial charge in [0.25, 0.3) is 0 Å². The fraction of sp³-hybridized carbons (Fsp3) is 0.222. The van der Waals surface area contributed by atoms with Crippen LogP contribution in [-0.4, -0.2) is 46.1 Å². The highest BCUT2D eigenvalue weighted by Crippen LogP contribution is 2.26. The fourth-order valence-corrected chi connectivity index (χ4v) is 3.17. The summed E-state index contributed by atoms with van der Waals surface area (Å²) in [6.07, 6.45) is 0.311. The molecule has 2 aromatic carbocycles. The topological polar surface area (TPSA) is 91.2 Å². The summed E-state index contributed by atoms with van der Waals surface area (Å²) >= 11 is 1.42. The molecular weight excluding hydrogens is 366 g/mol. The van der Waals surface area contributed by atoms with E-state index < -0.39 is 0 Å². The molecule has 1 amide bonds. The molecule has 3 rings (SSSR count). The zero-order valence-corrected chi connectivity index (χ0v) is 15.8. The molecule has 0 aliphatic rings. The Bertz CT molecular complexity index is 879. The van der Waals surface area contributed by atoms with Gasteiger partial charge >= 0.3 is 0 Å². The molecule has 0 atom stereocenters. The van der Waals surface area contributed by atoms with Gasteiger partial charge in [0.2, 0.25) is 11.1 Å². The largest absolute Gasteiger partial charge is 0.497 e. The highest BCUT2D eigenvalue weighted by molar-refractivity contribution is 7.99. The van der Waals surface area contributed by atoms with Crippen molar-refractivity contribution >= 4 is 23.4 Å². The minimum Gasteiger partial charge on any atom is -0.497 e. The summed E-state index contributed by atoms with van der Waals surface area (Å²) in [6.45, 7) is 0. The number of anilines is 1. The number of para-hydroxylation sites is 1. The maximum Gasteiger partial charge on any atom is 0.225 e. The zero-order chi connectivity index (χ0) is 19.1. The van der Waals surface area contributed by atoms with Crippen molar-refractivity contribution in [3.63, 3.8) is 0 Å². The van der Waals surface area contributed by atoms with Crippen molar-refractivity contribution in [3.8, 4) is 17.2 Å². The minimum absolute atomic E-state index is 0.114. The highest BCUT2D eigenvalue weighted by Gasteiger charge is 2.11. The van der Waals surface area contributed by atoms with Crippen LogP contribution >= 0.6 is 11.8 Å². The summed E-state index contributed by atoms with van der Waals surface area (Å²) in [5.41, 5.74) is 1.49. The van der Waals surface area contributed by atoms with Crippen LogP contribution in [0.3, 0.4) is 0 Å². The van der Waals surface area contributed by atoms with Crippen LogP contribution in [0.1, 0.15) is 6.42 Å². The van der Waals surface area contributed by atoms with E-state index in [9.17, 15) is 4.79 Å². The molecule has 0 radical (unpaired) electrons. The third-order valence-corrected chi connectivity index (χ3v) is 4.56. The van der Waals surface area contributed by atoms with E-state index in [4.69, 9.17) is 9.47 Å². The number of hydrogen-bond acceptors (Lipinski definition) is 7. The van der Waals surface area contributed by atoms with Gasteiger partial charge in [-0.2, -0.15) is 4.68 Å². The van der Waals surface area contributed by atoms with Crippen LogP contribution in [0.5, 0.6) is 11.5 Å². The molecule has 140 valence electrons. The summed E-state index contributed by atoms with van der Waals surface area (Å²) in [7, 11) is 3.13. The molecule has 1 N–H and O–H groups in total. The second kappa shape index (κ2) is 9.04. The summed E-state index contributed by atoms with van der Waals surface area (Å²) < 4.78 is 12.1. The first kappa shape index (κ1) is 18.7. The lowest BCUT2D eigenvalue weighted by Gasteiger charge is -2.10. The number of nitrogens with zero attached hydrogens (tertiary/aromatic N) is 4. The van der Waals surface area contributed by atoms with Gasteiger partial charge in [-0.25, -0.2) is 0 Å². The van der Waals surface area contributed by atoms with Crippen molar-refractivity contribution in [2.24, 2.45) is 0 Å². The van der Waals surface area contributed by atoms with E-state index in [-0.39, 0.29) is 5.91 Å². The van der Waals surface area contributed by atoms with Gasteiger partial charge in [0.1, 0.15) is 11.5 Å². The third kappa shape index (κ3) is 4.98. The van der Waals surface area contributed by atoms with Gasteiger partial charge in [-0.3, -0.25) is 4.79 Å². The van der Waals surface area contributed by atoms with Gasteiger partial charge in [0, 0.05) is 36.1 Å². The van der Waals surface area contributed by atoms with Gasteiger partial charge in [-0.15, -0.1) is 5.10 Å². The molecule has 8 nitrogen and oxygen atoms in total. The summed E-state index contributed by atoms with van der Waals surface area (Å²) in [5, 5.41) is 15.2. The Morgan fingerprint density at radius 2 is 1.81 bits per heavy atom. The highest BCUT2D eigenvalue weighted by atomic mass is 32.2. The third-order valence-electron chi connectivity index (χ3n) is 3.64. The van der Waals surface area contributed by atoms with Crippen molar-refractivity contribution in [2.45, 2.75) is 11.6 Å². The normalized spacial score (nSPS) is 10.4. The van der Waals surface area contributed by atoms with E-state index in [2.05, 4.69) is 20.8 Å². The molecule has 1 aromatic heterocycles. The quantitative estimate of drug-likeness (QED) is 0.596. The molecule has 0 saturated heterocycles. The number of amides is 1. The van der Waals surface area contributed by atoms with Crippen LogP contribution in [-0.2, 0) is 4.79 Å². The lowest BCUT2D eigenvalue weighted by atomic mass is 10.2. The van der Waals surface area contributed by atoms with Crippen molar-refractivity contribution in [3.05, 3.63) is 48.5 Å². The summed E-state index contributed by atoms with van der Waals surface area (Å²) in [4.78, 5) is 12.2. The second-order valence-corrected chi connectivity index (χ2v) is 6.52. The predicted molar refractivity (Wildman–Crippen MR) is 103 cm³/mol. The summed E-state index contributed by atoms with van der Waals surface area (Å²) in [6, 6.07) is 14.8. The predicted octanol–water partition coefficient (Wildman–Crippen LogP) is 2.80. The van der Waals surface area contributed by atoms with Crippen LogP contribution < -0.4 is 14.8 Å². The van der Waals surface area contributed by atoms with Crippen molar-refractivity contribution < 1.29 is 14.3 Å². The monoisotopic (exact) mass is 385 g/mol. The number of ether oxygens (including phenoxy) is 2. The average Bonchev–Trinajstić information content (AvgIpc) is 3.16. The fourth-order valence-electron chi connectivity index (χ4n) is 2.34. The second-order valence-electron chi connectivity index (χ2n) is 5.46. The lowest BCUT2D eigenvalue weighted by molar-refractivity contribution is -0.115. The van der Waals surface area contributed by atoms with Gasteiger partial charge in [0.05, 0.1) is 19.9 Å². The molecule has 0 fully saturated rings. The number of methoxy groups -OCH3 is 2. The number of carbonyl (C=O) groups is 1. The number of hydrogen-bond donors (Lipinski definition) is 1. The van der Waals surface area contributed by atoms with E-state index in [1.807, 2.05) is 30.3 Å². The van der Waals surface area contributed by atoms with Crippen LogP contribution in [0.4, 0.5) is 5.69 Å². The number of benzene rings is 2. The maximum atomic E-state index is 12.2. The first-order valence-electron chi connectivity index (χ1n) is 8.19. The maximum absolute atomic E-state index is 12.2. The standard InChI is InChI=1S/C18H19N5O3S/c1-25-15-10-13(11-16(12-15)26-2)19-17(24)8-9-27-18-20-21-22-23(18)14-6-4-3-5-7-14/h3-7,10-12H,8-9H2,1-2H3,(H,19,24). The number of nitrogens with one attached hydrogen (secondary N) is 1. The molecule has 0 saturated carbocycles. The molecule has 0 aliphatic carbocycles. The Morgan fingerprint density at radius 3 is 2.48 bits per heavy atom. The average molecular weight is 385 g/mol. The Balaban J connectivity index is 1.56. The van der Waals surface area contributed by atoms with Crippen molar-refractivity contribution in [1.29, 1.82) is 0 Å². The Kier molecular flexibility index (Phi) is 6.26. The zero-order valence-electron chi connectivity index (χ0n) is 15.0. The smallest absolute Gasteiger partial charge is 0.225 e. The number of aromatic nitrogens is 4. The van der Waals surface area contributed by atoms with Crippen LogP contribution in [0.25, 0.3) is 5.69 Å². The SMILES string of the molecule is COc1cc(NC(=O)CCSc2nnnn2-c2ccccc2)cc(OC)c1. The van der Waals surface area contributed by atoms with E-state index in [1.165, 1.54) is 11.8 Å².